The van der Waals surface area contributed by atoms with Crippen molar-refractivity contribution in [2.45, 2.75) is 11.4 Å². The zero-order valence-electron chi connectivity index (χ0n) is 14.1. The van der Waals surface area contributed by atoms with Crippen LogP contribution in [0.2, 0.25) is 0 Å². The molecule has 0 saturated heterocycles. The van der Waals surface area contributed by atoms with Gasteiger partial charge in [0.15, 0.2) is 5.82 Å². The van der Waals surface area contributed by atoms with Gasteiger partial charge in [-0.3, -0.25) is 9.40 Å². The Morgan fingerprint density at radius 3 is 2.46 bits per heavy atom. The van der Waals surface area contributed by atoms with Gasteiger partial charge in [0.2, 0.25) is 0 Å². The highest BCUT2D eigenvalue weighted by Gasteiger charge is 2.19. The minimum absolute atomic E-state index is 0.159. The van der Waals surface area contributed by atoms with Gasteiger partial charge in [0.25, 0.3) is 10.0 Å². The van der Waals surface area contributed by atoms with E-state index in [0.717, 1.165) is 5.56 Å². The first-order chi connectivity index (χ1) is 12.5. The highest BCUT2D eigenvalue weighted by molar-refractivity contribution is 7.92. The average molecular weight is 367 g/mol. The predicted octanol–water partition coefficient (Wildman–Crippen LogP) is 2.99. The Morgan fingerprint density at radius 2 is 1.85 bits per heavy atom. The van der Waals surface area contributed by atoms with Crippen molar-refractivity contribution < 1.29 is 13.2 Å². The number of terminal acetylenes is 1. The summed E-state index contributed by atoms with van der Waals surface area (Å²) in [7, 11) is -2.18. The smallest absolute Gasteiger partial charge is 0.263 e. The van der Waals surface area contributed by atoms with Gasteiger partial charge in [-0.15, -0.1) is 6.42 Å². The summed E-state index contributed by atoms with van der Waals surface area (Å²) in [5, 5.41) is 4.28. The molecule has 26 heavy (non-hydrogen) atoms. The molecule has 0 aliphatic rings. The van der Waals surface area contributed by atoms with E-state index in [9.17, 15) is 8.42 Å². The molecule has 0 aliphatic heterocycles. The number of aromatic nitrogens is 2. The zero-order valence-corrected chi connectivity index (χ0v) is 14.9. The Balaban J connectivity index is 2.01. The van der Waals surface area contributed by atoms with Crippen LogP contribution in [0.3, 0.4) is 0 Å². The van der Waals surface area contributed by atoms with Crippen molar-refractivity contribution >= 4 is 15.8 Å². The van der Waals surface area contributed by atoms with Crippen LogP contribution in [0.4, 0.5) is 5.82 Å². The molecule has 0 saturated carbocycles. The second-order valence-electron chi connectivity index (χ2n) is 5.44. The summed E-state index contributed by atoms with van der Waals surface area (Å²) in [4.78, 5) is 0.159. The van der Waals surface area contributed by atoms with Gasteiger partial charge in [-0.2, -0.15) is 5.10 Å². The molecule has 0 unspecified atom stereocenters. The fourth-order valence-corrected chi connectivity index (χ4v) is 3.48. The highest BCUT2D eigenvalue weighted by atomic mass is 32.2. The molecular formula is C19H17N3O3S. The van der Waals surface area contributed by atoms with Crippen molar-refractivity contribution in [3.63, 3.8) is 0 Å². The van der Waals surface area contributed by atoms with E-state index in [2.05, 4.69) is 15.7 Å². The third kappa shape index (κ3) is 3.71. The third-order valence-electron chi connectivity index (χ3n) is 3.70. The number of methoxy groups -OCH3 is 1. The Labute approximate surface area is 152 Å². The Kier molecular flexibility index (Phi) is 4.96. The van der Waals surface area contributed by atoms with Crippen LogP contribution < -0.4 is 9.46 Å². The van der Waals surface area contributed by atoms with E-state index in [1.54, 1.807) is 43.6 Å². The van der Waals surface area contributed by atoms with E-state index >= 15 is 0 Å². The van der Waals surface area contributed by atoms with Gasteiger partial charge in [-0.25, -0.2) is 8.42 Å². The summed E-state index contributed by atoms with van der Waals surface area (Å²) in [6.07, 6.45) is 7.06. The molecule has 0 amide bonds. The Morgan fingerprint density at radius 1 is 1.15 bits per heavy atom. The number of sulfonamides is 1. The van der Waals surface area contributed by atoms with E-state index in [-0.39, 0.29) is 17.3 Å². The van der Waals surface area contributed by atoms with Gasteiger partial charge in [0.1, 0.15) is 12.3 Å². The number of benzene rings is 2. The summed E-state index contributed by atoms with van der Waals surface area (Å²) in [6.45, 7) is 0.232. The SMILES string of the molecule is C#CCn1cc(-c2ccc(OC)cc2)c(NS(=O)(=O)c2ccccc2)n1. The number of anilines is 1. The second-order valence-corrected chi connectivity index (χ2v) is 7.12. The second kappa shape index (κ2) is 7.33. The van der Waals surface area contributed by atoms with Crippen molar-refractivity contribution in [1.29, 1.82) is 0 Å². The lowest BCUT2D eigenvalue weighted by Crippen LogP contribution is -2.14. The standard InChI is InChI=1S/C19H17N3O3S/c1-3-13-22-14-18(15-9-11-16(25-2)12-10-15)19(20-22)21-26(23,24)17-7-5-4-6-8-17/h1,4-12,14H,13H2,2H3,(H,20,21). The van der Waals surface area contributed by atoms with Crippen molar-refractivity contribution in [3.8, 4) is 29.2 Å². The van der Waals surface area contributed by atoms with Crippen LogP contribution >= 0.6 is 0 Å². The first-order valence-corrected chi connectivity index (χ1v) is 9.25. The molecule has 3 rings (SSSR count). The number of rotatable bonds is 6. The minimum Gasteiger partial charge on any atom is -0.497 e. The fourth-order valence-electron chi connectivity index (χ4n) is 2.44. The maximum atomic E-state index is 12.6. The van der Waals surface area contributed by atoms with Crippen LogP contribution in [-0.4, -0.2) is 25.3 Å². The molecule has 1 heterocycles. The van der Waals surface area contributed by atoms with Crippen LogP contribution in [0.15, 0.2) is 65.7 Å². The van der Waals surface area contributed by atoms with Crippen LogP contribution in [0.1, 0.15) is 0 Å². The van der Waals surface area contributed by atoms with Crippen molar-refractivity contribution in [2.75, 3.05) is 11.8 Å². The molecule has 3 aromatic rings. The van der Waals surface area contributed by atoms with Gasteiger partial charge in [-0.05, 0) is 29.8 Å². The number of nitrogens with zero attached hydrogens (tertiary/aromatic N) is 2. The van der Waals surface area contributed by atoms with Gasteiger partial charge in [-0.1, -0.05) is 36.3 Å². The maximum Gasteiger partial charge on any atom is 0.263 e. The van der Waals surface area contributed by atoms with E-state index in [1.165, 1.54) is 16.8 Å². The average Bonchev–Trinajstić information content (AvgIpc) is 3.04. The van der Waals surface area contributed by atoms with Crippen molar-refractivity contribution in [1.82, 2.24) is 9.78 Å². The molecule has 0 radical (unpaired) electrons. The van der Waals surface area contributed by atoms with E-state index in [4.69, 9.17) is 11.2 Å². The molecule has 0 atom stereocenters. The quantitative estimate of drug-likeness (QED) is 0.680. The molecule has 1 aromatic heterocycles. The van der Waals surface area contributed by atoms with Crippen LogP contribution in [-0.2, 0) is 16.6 Å². The third-order valence-corrected chi connectivity index (χ3v) is 5.06. The molecular weight excluding hydrogens is 350 g/mol. The maximum absolute atomic E-state index is 12.6. The summed E-state index contributed by atoms with van der Waals surface area (Å²) in [5.41, 5.74) is 1.42. The highest BCUT2D eigenvalue weighted by Crippen LogP contribution is 2.30. The Hall–Kier alpha value is -3.24. The number of ether oxygens (including phenoxy) is 1. The van der Waals surface area contributed by atoms with Gasteiger partial charge >= 0.3 is 0 Å². The molecule has 0 spiro atoms. The lowest BCUT2D eigenvalue weighted by molar-refractivity contribution is 0.415. The molecule has 2 aromatic carbocycles. The first kappa shape index (κ1) is 17.6. The predicted molar refractivity (Wildman–Crippen MR) is 100 cm³/mol. The lowest BCUT2D eigenvalue weighted by atomic mass is 10.1. The molecule has 7 heteroatoms. The van der Waals surface area contributed by atoms with Gasteiger partial charge in [0.05, 0.1) is 12.0 Å². The minimum atomic E-state index is -3.76. The normalized spacial score (nSPS) is 10.9. The number of hydrogen-bond donors (Lipinski definition) is 1. The molecule has 132 valence electrons. The summed E-state index contributed by atoms with van der Waals surface area (Å²) >= 11 is 0. The van der Waals surface area contributed by atoms with Crippen LogP contribution in [0.25, 0.3) is 11.1 Å². The molecule has 0 aliphatic carbocycles. The Bertz CT molecular complexity index is 1030. The molecule has 6 nitrogen and oxygen atoms in total. The van der Waals surface area contributed by atoms with Gasteiger partial charge in [0, 0.05) is 11.8 Å². The van der Waals surface area contributed by atoms with Crippen LogP contribution in [0.5, 0.6) is 5.75 Å². The van der Waals surface area contributed by atoms with Crippen molar-refractivity contribution in [2.24, 2.45) is 0 Å². The van der Waals surface area contributed by atoms with E-state index in [1.807, 2.05) is 12.1 Å². The monoisotopic (exact) mass is 367 g/mol. The lowest BCUT2D eigenvalue weighted by Gasteiger charge is -2.08. The topological polar surface area (TPSA) is 73.2 Å². The zero-order chi connectivity index (χ0) is 18.6. The van der Waals surface area contributed by atoms with Crippen LogP contribution in [0, 0.1) is 12.3 Å². The first-order valence-electron chi connectivity index (χ1n) is 7.76. The molecule has 0 fully saturated rings. The number of nitrogens with one attached hydrogen (secondary N) is 1. The largest absolute Gasteiger partial charge is 0.497 e. The van der Waals surface area contributed by atoms with E-state index < -0.39 is 10.0 Å². The summed E-state index contributed by atoms with van der Waals surface area (Å²) < 4.78 is 34.5. The van der Waals surface area contributed by atoms with Gasteiger partial charge < -0.3 is 4.74 Å². The molecule has 0 bridgehead atoms. The van der Waals surface area contributed by atoms with E-state index in [0.29, 0.717) is 11.3 Å². The summed E-state index contributed by atoms with van der Waals surface area (Å²) in [6, 6.07) is 15.4. The van der Waals surface area contributed by atoms with Crippen molar-refractivity contribution in [3.05, 3.63) is 60.8 Å². The number of hydrogen-bond acceptors (Lipinski definition) is 4. The summed E-state index contributed by atoms with van der Waals surface area (Å²) in [5.74, 6) is 3.41. The fraction of sp³-hybridized carbons (Fsp3) is 0.105. The molecule has 1 N–H and O–H groups in total.